The summed E-state index contributed by atoms with van der Waals surface area (Å²) in [4.78, 5) is 13.8. The van der Waals surface area contributed by atoms with Crippen molar-refractivity contribution in [3.8, 4) is 0 Å². The third-order valence-corrected chi connectivity index (χ3v) is 2.87. The molecule has 0 radical (unpaired) electrons. The van der Waals surface area contributed by atoms with Gasteiger partial charge in [-0.1, -0.05) is 13.8 Å². The van der Waals surface area contributed by atoms with E-state index in [0.717, 1.165) is 13.1 Å². The molecule has 0 spiro atoms. The third kappa shape index (κ3) is 4.42. The predicted molar refractivity (Wildman–Crippen MR) is 65.4 cm³/mol. The average Bonchev–Trinajstić information content (AvgIpc) is 2.25. The first-order chi connectivity index (χ1) is 7.28. The Morgan fingerprint density at radius 2 is 1.56 bits per heavy atom. The fourth-order valence-corrected chi connectivity index (χ4v) is 2.05. The molecule has 0 aliphatic carbocycles. The van der Waals surface area contributed by atoms with Crippen molar-refractivity contribution in [2.24, 2.45) is 11.8 Å². The number of carbonyl (C=O) groups excluding carboxylic acids is 1. The van der Waals surface area contributed by atoms with Crippen LogP contribution in [0.1, 0.15) is 47.5 Å². The molecule has 0 aromatic rings. The zero-order chi connectivity index (χ0) is 12.3. The highest BCUT2D eigenvalue weighted by Crippen LogP contribution is 2.21. The third-order valence-electron chi connectivity index (χ3n) is 2.87. The van der Waals surface area contributed by atoms with E-state index in [1.54, 1.807) is 0 Å². The molecule has 3 heteroatoms. The van der Waals surface area contributed by atoms with Crippen LogP contribution >= 0.6 is 0 Å². The average molecular weight is 227 g/mol. The Balaban J connectivity index is 2.59. The van der Waals surface area contributed by atoms with Gasteiger partial charge in [0.05, 0.1) is 0 Å². The molecular weight excluding hydrogens is 202 g/mol. The SMILES string of the molecule is CC1CCC(C)CN(C(=O)OC(C)(C)C)C1. The number of hydrogen-bond acceptors (Lipinski definition) is 2. The summed E-state index contributed by atoms with van der Waals surface area (Å²) in [5.41, 5.74) is -0.393. The second-order valence-corrected chi connectivity index (χ2v) is 6.17. The van der Waals surface area contributed by atoms with E-state index in [1.165, 1.54) is 12.8 Å². The van der Waals surface area contributed by atoms with E-state index in [4.69, 9.17) is 4.74 Å². The Morgan fingerprint density at radius 1 is 1.12 bits per heavy atom. The normalized spacial score (nSPS) is 27.4. The zero-order valence-electron chi connectivity index (χ0n) is 11.2. The molecule has 3 nitrogen and oxygen atoms in total. The molecule has 0 bridgehead atoms. The van der Waals surface area contributed by atoms with Crippen molar-refractivity contribution in [1.82, 2.24) is 4.90 Å². The van der Waals surface area contributed by atoms with Gasteiger partial charge in [-0.3, -0.25) is 0 Å². The first-order valence-corrected chi connectivity index (χ1v) is 6.26. The smallest absolute Gasteiger partial charge is 0.410 e. The fourth-order valence-electron chi connectivity index (χ4n) is 2.05. The van der Waals surface area contributed by atoms with E-state index >= 15 is 0 Å². The summed E-state index contributed by atoms with van der Waals surface area (Å²) in [6, 6.07) is 0. The number of carbonyl (C=O) groups is 1. The van der Waals surface area contributed by atoms with E-state index in [2.05, 4.69) is 13.8 Å². The van der Waals surface area contributed by atoms with Crippen molar-refractivity contribution in [2.45, 2.75) is 53.1 Å². The van der Waals surface area contributed by atoms with Gasteiger partial charge in [0.2, 0.25) is 0 Å². The van der Waals surface area contributed by atoms with Crippen LogP contribution in [0.25, 0.3) is 0 Å². The van der Waals surface area contributed by atoms with Crippen molar-refractivity contribution >= 4 is 6.09 Å². The van der Waals surface area contributed by atoms with E-state index in [0.29, 0.717) is 11.8 Å². The molecule has 1 fully saturated rings. The van der Waals surface area contributed by atoms with Crippen LogP contribution in [0.2, 0.25) is 0 Å². The first-order valence-electron chi connectivity index (χ1n) is 6.26. The first kappa shape index (κ1) is 13.3. The Morgan fingerprint density at radius 3 is 1.94 bits per heavy atom. The van der Waals surface area contributed by atoms with Crippen LogP contribution in [-0.4, -0.2) is 29.7 Å². The summed E-state index contributed by atoms with van der Waals surface area (Å²) in [7, 11) is 0. The van der Waals surface area contributed by atoms with Crippen molar-refractivity contribution < 1.29 is 9.53 Å². The highest BCUT2D eigenvalue weighted by Gasteiger charge is 2.26. The van der Waals surface area contributed by atoms with Gasteiger partial charge >= 0.3 is 6.09 Å². The summed E-state index contributed by atoms with van der Waals surface area (Å²) >= 11 is 0. The van der Waals surface area contributed by atoms with Gasteiger partial charge in [-0.2, -0.15) is 0 Å². The van der Waals surface area contributed by atoms with Crippen LogP contribution in [0.3, 0.4) is 0 Å². The second kappa shape index (κ2) is 5.07. The quantitative estimate of drug-likeness (QED) is 0.635. The Kier molecular flexibility index (Phi) is 4.22. The predicted octanol–water partition coefficient (Wildman–Crippen LogP) is 3.29. The summed E-state index contributed by atoms with van der Waals surface area (Å²) in [6.07, 6.45) is 2.26. The molecule has 16 heavy (non-hydrogen) atoms. The molecule has 1 aliphatic heterocycles. The summed E-state index contributed by atoms with van der Waals surface area (Å²) in [5, 5.41) is 0. The van der Waals surface area contributed by atoms with Gasteiger partial charge in [0.25, 0.3) is 0 Å². The number of rotatable bonds is 0. The maximum absolute atomic E-state index is 12.0. The van der Waals surface area contributed by atoms with Gasteiger partial charge in [0.1, 0.15) is 5.60 Å². The molecule has 0 N–H and O–H groups in total. The molecule has 1 amide bonds. The molecule has 0 aromatic heterocycles. The molecule has 1 rings (SSSR count). The fraction of sp³-hybridized carbons (Fsp3) is 0.923. The number of hydrogen-bond donors (Lipinski definition) is 0. The zero-order valence-corrected chi connectivity index (χ0v) is 11.2. The van der Waals surface area contributed by atoms with Gasteiger partial charge in [0, 0.05) is 13.1 Å². The van der Waals surface area contributed by atoms with E-state index in [9.17, 15) is 4.79 Å². The number of nitrogens with zero attached hydrogens (tertiary/aromatic N) is 1. The van der Waals surface area contributed by atoms with Crippen LogP contribution < -0.4 is 0 Å². The van der Waals surface area contributed by atoms with Gasteiger partial charge in [-0.25, -0.2) is 4.79 Å². The van der Waals surface area contributed by atoms with Crippen molar-refractivity contribution in [3.63, 3.8) is 0 Å². The summed E-state index contributed by atoms with van der Waals surface area (Å²) < 4.78 is 5.42. The lowest BCUT2D eigenvalue weighted by molar-refractivity contribution is 0.0220. The lowest BCUT2D eigenvalue weighted by Gasteiger charge is -2.28. The maximum Gasteiger partial charge on any atom is 0.410 e. The molecule has 1 saturated heterocycles. The summed E-state index contributed by atoms with van der Waals surface area (Å²) in [6.45, 7) is 11.8. The Hall–Kier alpha value is -0.730. The van der Waals surface area contributed by atoms with Gasteiger partial charge in [-0.05, 0) is 45.4 Å². The minimum absolute atomic E-state index is 0.159. The topological polar surface area (TPSA) is 29.5 Å². The minimum atomic E-state index is -0.393. The molecule has 2 unspecified atom stereocenters. The lowest BCUT2D eigenvalue weighted by atomic mass is 10.0. The van der Waals surface area contributed by atoms with E-state index in [1.807, 2.05) is 25.7 Å². The maximum atomic E-state index is 12.0. The molecular formula is C13H25NO2. The summed E-state index contributed by atoms with van der Waals surface area (Å²) in [5.74, 6) is 1.16. The minimum Gasteiger partial charge on any atom is -0.444 e. The number of amides is 1. The second-order valence-electron chi connectivity index (χ2n) is 6.17. The lowest BCUT2D eigenvalue weighted by Crippen LogP contribution is -2.39. The Bertz CT molecular complexity index is 233. The molecule has 0 aromatic carbocycles. The highest BCUT2D eigenvalue weighted by atomic mass is 16.6. The molecule has 2 atom stereocenters. The number of likely N-dealkylation sites (tertiary alicyclic amines) is 1. The molecule has 1 aliphatic rings. The van der Waals surface area contributed by atoms with Crippen molar-refractivity contribution in [2.75, 3.05) is 13.1 Å². The highest BCUT2D eigenvalue weighted by molar-refractivity contribution is 5.68. The molecule has 0 saturated carbocycles. The van der Waals surface area contributed by atoms with Crippen LogP contribution in [-0.2, 0) is 4.74 Å². The van der Waals surface area contributed by atoms with Crippen LogP contribution in [0.4, 0.5) is 4.79 Å². The monoisotopic (exact) mass is 227 g/mol. The van der Waals surface area contributed by atoms with Crippen LogP contribution in [0.15, 0.2) is 0 Å². The number of ether oxygens (including phenoxy) is 1. The van der Waals surface area contributed by atoms with E-state index in [-0.39, 0.29) is 6.09 Å². The van der Waals surface area contributed by atoms with Crippen LogP contribution in [0, 0.1) is 11.8 Å². The Labute approximate surface area is 99.1 Å². The molecule has 94 valence electrons. The standard InChI is InChI=1S/C13H25NO2/c1-10-6-7-11(2)9-14(8-10)12(15)16-13(3,4)5/h10-11H,6-9H2,1-5H3. The molecule has 1 heterocycles. The van der Waals surface area contributed by atoms with E-state index < -0.39 is 5.60 Å². The van der Waals surface area contributed by atoms with Gasteiger partial charge in [-0.15, -0.1) is 0 Å². The van der Waals surface area contributed by atoms with Gasteiger partial charge < -0.3 is 9.64 Å². The largest absolute Gasteiger partial charge is 0.444 e. The van der Waals surface area contributed by atoms with Crippen LogP contribution in [0.5, 0.6) is 0 Å². The van der Waals surface area contributed by atoms with Crippen molar-refractivity contribution in [1.29, 1.82) is 0 Å². The van der Waals surface area contributed by atoms with Crippen molar-refractivity contribution in [3.05, 3.63) is 0 Å². The van der Waals surface area contributed by atoms with Gasteiger partial charge in [0.15, 0.2) is 0 Å².